The molecule has 1 aromatic heterocycles. The lowest BCUT2D eigenvalue weighted by Crippen LogP contribution is -2.26. The van der Waals surface area contributed by atoms with Crippen molar-refractivity contribution in [3.05, 3.63) is 57.9 Å². The Balaban J connectivity index is 2.12. The number of hydrogen-bond donors (Lipinski definition) is 1. The second kappa shape index (κ2) is 10.7. The number of amides is 1. The highest BCUT2D eigenvalue weighted by Gasteiger charge is 2.16. The maximum Gasteiger partial charge on any atom is 0.261 e. The van der Waals surface area contributed by atoms with Crippen LogP contribution in [0.4, 0.5) is 0 Å². The van der Waals surface area contributed by atoms with Crippen LogP contribution in [0.3, 0.4) is 0 Å². The minimum absolute atomic E-state index is 0.0888. The van der Waals surface area contributed by atoms with E-state index in [-0.39, 0.29) is 17.5 Å². The fourth-order valence-electron chi connectivity index (χ4n) is 3.76. The van der Waals surface area contributed by atoms with Crippen LogP contribution in [0.25, 0.3) is 6.08 Å². The SMILES string of the molecule is COCC(C)n1c(C)cc(/C=C(/C#N)C(=O)NCCc2cc(C)ccc2OC)c1C. The first-order valence-electron chi connectivity index (χ1n) is 10.0. The number of nitrogens with zero attached hydrogens (tertiary/aromatic N) is 2. The minimum atomic E-state index is -0.376. The van der Waals surface area contributed by atoms with Gasteiger partial charge in [-0.25, -0.2) is 0 Å². The Kier molecular flexibility index (Phi) is 8.25. The quantitative estimate of drug-likeness (QED) is 0.503. The Bertz CT molecular complexity index is 967. The summed E-state index contributed by atoms with van der Waals surface area (Å²) in [4.78, 5) is 12.6. The number of carbonyl (C=O) groups is 1. The summed E-state index contributed by atoms with van der Waals surface area (Å²) in [6.45, 7) is 9.10. The number of ether oxygens (including phenoxy) is 2. The first-order chi connectivity index (χ1) is 14.3. The number of aromatic nitrogens is 1. The molecule has 0 saturated heterocycles. The maximum absolute atomic E-state index is 12.6. The van der Waals surface area contributed by atoms with Crippen LogP contribution in [0.1, 0.15) is 41.0 Å². The standard InChI is InChI=1S/C24H31N3O3/c1-16-7-8-23(30-6)20(11-16)9-10-26-24(28)22(14-25)13-21-12-17(2)27(19(21)4)18(3)15-29-5/h7-8,11-13,18H,9-10,15H2,1-6H3,(H,26,28)/b22-13-. The van der Waals surface area contributed by atoms with Crippen LogP contribution >= 0.6 is 0 Å². The molecule has 30 heavy (non-hydrogen) atoms. The van der Waals surface area contributed by atoms with Crippen LogP contribution < -0.4 is 10.1 Å². The van der Waals surface area contributed by atoms with Crippen LogP contribution in [0.5, 0.6) is 5.75 Å². The minimum Gasteiger partial charge on any atom is -0.496 e. The van der Waals surface area contributed by atoms with E-state index in [0.717, 1.165) is 33.8 Å². The molecule has 0 fully saturated rings. The third-order valence-electron chi connectivity index (χ3n) is 5.15. The number of benzene rings is 1. The largest absolute Gasteiger partial charge is 0.496 e. The summed E-state index contributed by atoms with van der Waals surface area (Å²) in [5.41, 5.74) is 5.17. The molecule has 0 aliphatic heterocycles. The van der Waals surface area contributed by atoms with Gasteiger partial charge in [0.05, 0.1) is 19.8 Å². The van der Waals surface area contributed by atoms with E-state index >= 15 is 0 Å². The van der Waals surface area contributed by atoms with Crippen molar-refractivity contribution in [2.75, 3.05) is 27.4 Å². The number of carbonyl (C=O) groups excluding carboxylic acids is 1. The highest BCUT2D eigenvalue weighted by Crippen LogP contribution is 2.23. The summed E-state index contributed by atoms with van der Waals surface area (Å²) in [6, 6.07) is 10.1. The molecule has 0 spiro atoms. The molecule has 2 aromatic rings. The van der Waals surface area contributed by atoms with Gasteiger partial charge in [-0.05, 0) is 63.5 Å². The first kappa shape index (κ1) is 23.2. The molecule has 0 saturated carbocycles. The lowest BCUT2D eigenvalue weighted by Gasteiger charge is -2.17. The molecule has 0 bridgehead atoms. The van der Waals surface area contributed by atoms with Crippen LogP contribution in [0.15, 0.2) is 29.8 Å². The van der Waals surface area contributed by atoms with Crippen LogP contribution in [0, 0.1) is 32.1 Å². The zero-order chi connectivity index (χ0) is 22.3. The van der Waals surface area contributed by atoms with Gasteiger partial charge in [0.25, 0.3) is 5.91 Å². The molecule has 1 aromatic carbocycles. The van der Waals surface area contributed by atoms with Gasteiger partial charge in [0.2, 0.25) is 0 Å². The van der Waals surface area contributed by atoms with Gasteiger partial charge >= 0.3 is 0 Å². The summed E-state index contributed by atoms with van der Waals surface area (Å²) >= 11 is 0. The smallest absolute Gasteiger partial charge is 0.261 e. The Labute approximate surface area is 179 Å². The van der Waals surface area contributed by atoms with Gasteiger partial charge in [-0.1, -0.05) is 17.7 Å². The average Bonchev–Trinajstić information content (AvgIpc) is 2.99. The predicted octanol–water partition coefficient (Wildman–Crippen LogP) is 3.90. The van der Waals surface area contributed by atoms with Crippen molar-refractivity contribution in [2.45, 2.75) is 40.2 Å². The maximum atomic E-state index is 12.6. The molecule has 0 radical (unpaired) electrons. The zero-order valence-corrected chi connectivity index (χ0v) is 18.7. The molecule has 6 nitrogen and oxygen atoms in total. The highest BCUT2D eigenvalue weighted by atomic mass is 16.5. The fourth-order valence-corrected chi connectivity index (χ4v) is 3.76. The van der Waals surface area contributed by atoms with E-state index in [9.17, 15) is 10.1 Å². The molecule has 6 heteroatoms. The van der Waals surface area contributed by atoms with Crippen LogP contribution in [0.2, 0.25) is 0 Å². The van der Waals surface area contributed by atoms with Crippen LogP contribution in [-0.2, 0) is 16.0 Å². The van der Waals surface area contributed by atoms with Crippen molar-refractivity contribution < 1.29 is 14.3 Å². The van der Waals surface area contributed by atoms with E-state index in [4.69, 9.17) is 9.47 Å². The third-order valence-corrected chi connectivity index (χ3v) is 5.15. The number of aryl methyl sites for hydroxylation is 2. The summed E-state index contributed by atoms with van der Waals surface area (Å²) < 4.78 is 12.8. The monoisotopic (exact) mass is 409 g/mol. The molecule has 1 N–H and O–H groups in total. The summed E-state index contributed by atoms with van der Waals surface area (Å²) in [7, 11) is 3.31. The fraction of sp³-hybridized carbons (Fsp3) is 0.417. The first-order valence-corrected chi connectivity index (χ1v) is 10.0. The Hall–Kier alpha value is -3.04. The molecular formula is C24H31N3O3. The average molecular weight is 410 g/mol. The van der Waals surface area contributed by atoms with Crippen molar-refractivity contribution in [1.29, 1.82) is 5.26 Å². The number of nitriles is 1. The molecule has 0 aliphatic rings. The van der Waals surface area contributed by atoms with Gasteiger partial charge in [0, 0.05) is 25.0 Å². The van der Waals surface area contributed by atoms with E-state index < -0.39 is 0 Å². The van der Waals surface area contributed by atoms with Crippen molar-refractivity contribution in [3.8, 4) is 11.8 Å². The van der Waals surface area contributed by atoms with Crippen molar-refractivity contribution in [2.24, 2.45) is 0 Å². The summed E-state index contributed by atoms with van der Waals surface area (Å²) in [5, 5.41) is 12.4. The van der Waals surface area contributed by atoms with E-state index in [1.165, 1.54) is 0 Å². The topological polar surface area (TPSA) is 76.3 Å². The molecule has 1 unspecified atom stereocenters. The Morgan fingerprint density at radius 3 is 2.63 bits per heavy atom. The second-order valence-corrected chi connectivity index (χ2v) is 7.49. The third kappa shape index (κ3) is 5.52. The second-order valence-electron chi connectivity index (χ2n) is 7.49. The highest BCUT2D eigenvalue weighted by molar-refractivity contribution is 6.01. The lowest BCUT2D eigenvalue weighted by molar-refractivity contribution is -0.117. The van der Waals surface area contributed by atoms with E-state index in [2.05, 4.69) is 16.8 Å². The van der Waals surface area contributed by atoms with E-state index in [0.29, 0.717) is 19.6 Å². The van der Waals surface area contributed by atoms with Crippen molar-refractivity contribution >= 4 is 12.0 Å². The molecular weight excluding hydrogens is 378 g/mol. The Morgan fingerprint density at radius 2 is 2.00 bits per heavy atom. The number of nitrogens with one attached hydrogen (secondary N) is 1. The number of hydrogen-bond acceptors (Lipinski definition) is 4. The summed E-state index contributed by atoms with van der Waals surface area (Å²) in [6.07, 6.45) is 2.28. The zero-order valence-electron chi connectivity index (χ0n) is 18.7. The normalized spacial score (nSPS) is 12.4. The predicted molar refractivity (Wildman–Crippen MR) is 119 cm³/mol. The van der Waals surface area contributed by atoms with Gasteiger partial charge in [-0.3, -0.25) is 4.79 Å². The van der Waals surface area contributed by atoms with E-state index in [1.807, 2.05) is 51.1 Å². The van der Waals surface area contributed by atoms with Gasteiger partial charge in [-0.2, -0.15) is 5.26 Å². The van der Waals surface area contributed by atoms with Gasteiger partial charge in [0.15, 0.2) is 0 Å². The Morgan fingerprint density at radius 1 is 1.27 bits per heavy atom. The summed E-state index contributed by atoms with van der Waals surface area (Å²) in [5.74, 6) is 0.419. The molecule has 160 valence electrons. The molecule has 2 rings (SSSR count). The molecule has 0 aliphatic carbocycles. The molecule has 1 heterocycles. The van der Waals surface area contributed by atoms with Gasteiger partial charge < -0.3 is 19.4 Å². The van der Waals surface area contributed by atoms with E-state index in [1.54, 1.807) is 20.3 Å². The van der Waals surface area contributed by atoms with Crippen molar-refractivity contribution in [1.82, 2.24) is 9.88 Å². The molecule has 1 amide bonds. The van der Waals surface area contributed by atoms with Gasteiger partial charge in [0.1, 0.15) is 17.4 Å². The van der Waals surface area contributed by atoms with Gasteiger partial charge in [-0.15, -0.1) is 0 Å². The van der Waals surface area contributed by atoms with Crippen molar-refractivity contribution in [3.63, 3.8) is 0 Å². The number of methoxy groups -OCH3 is 2. The van der Waals surface area contributed by atoms with Crippen LogP contribution in [-0.4, -0.2) is 37.8 Å². The molecule has 1 atom stereocenters. The number of rotatable bonds is 9. The lowest BCUT2D eigenvalue weighted by atomic mass is 10.1.